The van der Waals surface area contributed by atoms with Crippen LogP contribution in [-0.4, -0.2) is 41.3 Å². The van der Waals surface area contributed by atoms with E-state index in [4.69, 9.17) is 10.5 Å². The minimum Gasteiger partial charge on any atom is -0.399 e. The summed E-state index contributed by atoms with van der Waals surface area (Å²) in [5.41, 5.74) is 10.2. The number of nitrogens with zero attached hydrogens (tertiary/aromatic N) is 4. The largest absolute Gasteiger partial charge is 0.399 e. The number of rotatable bonds is 2. The predicted octanol–water partition coefficient (Wildman–Crippen LogP) is 2.11. The van der Waals surface area contributed by atoms with E-state index in [9.17, 15) is 0 Å². The zero-order chi connectivity index (χ0) is 15.6. The van der Waals surface area contributed by atoms with Crippen molar-refractivity contribution in [3.8, 4) is 11.1 Å². The monoisotopic (exact) mass is 307 g/mol. The Labute approximate surface area is 133 Å². The summed E-state index contributed by atoms with van der Waals surface area (Å²) < 4.78 is 5.38. The summed E-state index contributed by atoms with van der Waals surface area (Å²) in [6, 6.07) is 7.84. The number of benzene rings is 1. The number of nitrogens with two attached hydrogens (primary N) is 1. The maximum Gasteiger partial charge on any atom is 0.128 e. The van der Waals surface area contributed by atoms with Gasteiger partial charge in [0.25, 0.3) is 0 Å². The number of fused-ring (bicyclic) bond motifs is 1. The zero-order valence-electron chi connectivity index (χ0n) is 12.6. The van der Waals surface area contributed by atoms with Gasteiger partial charge in [0.1, 0.15) is 5.82 Å². The third kappa shape index (κ3) is 2.68. The van der Waals surface area contributed by atoms with Crippen LogP contribution in [0.4, 0.5) is 11.5 Å². The molecule has 2 N–H and O–H groups in total. The summed E-state index contributed by atoms with van der Waals surface area (Å²) in [5, 5.41) is 0. The van der Waals surface area contributed by atoms with Gasteiger partial charge >= 0.3 is 0 Å². The number of morpholine rings is 1. The molecule has 0 bridgehead atoms. The van der Waals surface area contributed by atoms with Crippen molar-refractivity contribution in [2.45, 2.75) is 0 Å². The molecule has 116 valence electrons. The van der Waals surface area contributed by atoms with Gasteiger partial charge < -0.3 is 15.4 Å². The molecule has 1 aromatic carbocycles. The molecule has 6 heteroatoms. The van der Waals surface area contributed by atoms with Crippen LogP contribution in [0.3, 0.4) is 0 Å². The second-order valence-electron chi connectivity index (χ2n) is 5.50. The Morgan fingerprint density at radius 1 is 1.00 bits per heavy atom. The normalized spacial score (nSPS) is 15.0. The van der Waals surface area contributed by atoms with E-state index in [1.54, 1.807) is 12.4 Å². The number of pyridine rings is 1. The van der Waals surface area contributed by atoms with E-state index < -0.39 is 0 Å². The standard InChI is InChI=1S/C17H17N5O/c18-13-9-14(17-15(10-13)19-3-4-20-17)12-1-2-16(21-11-12)22-5-7-23-8-6-22/h1-4,9-11H,5-8,18H2. The summed E-state index contributed by atoms with van der Waals surface area (Å²) in [4.78, 5) is 15.6. The lowest BCUT2D eigenvalue weighted by atomic mass is 10.0. The second kappa shape index (κ2) is 5.81. The highest BCUT2D eigenvalue weighted by Crippen LogP contribution is 2.29. The van der Waals surface area contributed by atoms with Crippen LogP contribution in [0.5, 0.6) is 0 Å². The van der Waals surface area contributed by atoms with E-state index in [1.165, 1.54) is 0 Å². The van der Waals surface area contributed by atoms with E-state index in [0.717, 1.165) is 54.3 Å². The highest BCUT2D eigenvalue weighted by Gasteiger charge is 2.13. The van der Waals surface area contributed by atoms with Gasteiger partial charge in [-0.15, -0.1) is 0 Å². The molecular weight excluding hydrogens is 290 g/mol. The lowest BCUT2D eigenvalue weighted by Crippen LogP contribution is -2.36. The number of nitrogen functional groups attached to an aromatic ring is 1. The van der Waals surface area contributed by atoms with E-state index in [1.807, 2.05) is 24.4 Å². The number of ether oxygens (including phenoxy) is 1. The summed E-state index contributed by atoms with van der Waals surface area (Å²) in [7, 11) is 0. The summed E-state index contributed by atoms with van der Waals surface area (Å²) >= 11 is 0. The number of hydrogen-bond acceptors (Lipinski definition) is 6. The van der Waals surface area contributed by atoms with Gasteiger partial charge in [0.05, 0.1) is 24.2 Å². The molecule has 3 heterocycles. The molecule has 1 aliphatic heterocycles. The van der Waals surface area contributed by atoms with Crippen LogP contribution in [0.2, 0.25) is 0 Å². The Morgan fingerprint density at radius 2 is 1.83 bits per heavy atom. The molecule has 1 aliphatic rings. The summed E-state index contributed by atoms with van der Waals surface area (Å²) in [5.74, 6) is 0.969. The average Bonchev–Trinajstić information content (AvgIpc) is 2.62. The Kier molecular flexibility index (Phi) is 3.51. The van der Waals surface area contributed by atoms with Crippen molar-refractivity contribution in [2.75, 3.05) is 36.9 Å². The lowest BCUT2D eigenvalue weighted by Gasteiger charge is -2.27. The van der Waals surface area contributed by atoms with E-state index in [2.05, 4.69) is 25.9 Å². The molecule has 1 fully saturated rings. The van der Waals surface area contributed by atoms with Gasteiger partial charge in [-0.25, -0.2) is 4.98 Å². The Morgan fingerprint density at radius 3 is 2.61 bits per heavy atom. The molecular formula is C17H17N5O. The fraction of sp³-hybridized carbons (Fsp3) is 0.235. The minimum atomic E-state index is 0.672. The Balaban J connectivity index is 1.73. The number of aromatic nitrogens is 3. The first-order valence-electron chi connectivity index (χ1n) is 7.60. The average molecular weight is 307 g/mol. The van der Waals surface area contributed by atoms with Crippen molar-refractivity contribution < 1.29 is 4.74 Å². The van der Waals surface area contributed by atoms with Gasteiger partial charge in [-0.3, -0.25) is 9.97 Å². The van der Waals surface area contributed by atoms with Crippen LogP contribution in [0.25, 0.3) is 22.2 Å². The molecule has 23 heavy (non-hydrogen) atoms. The van der Waals surface area contributed by atoms with E-state index >= 15 is 0 Å². The Hall–Kier alpha value is -2.73. The molecule has 0 aliphatic carbocycles. The molecule has 0 amide bonds. The van der Waals surface area contributed by atoms with Crippen molar-refractivity contribution in [1.29, 1.82) is 0 Å². The van der Waals surface area contributed by atoms with Crippen LogP contribution in [-0.2, 0) is 4.74 Å². The molecule has 3 aromatic rings. The number of hydrogen-bond donors (Lipinski definition) is 1. The molecule has 6 nitrogen and oxygen atoms in total. The molecule has 0 unspecified atom stereocenters. The highest BCUT2D eigenvalue weighted by atomic mass is 16.5. The van der Waals surface area contributed by atoms with Gasteiger partial charge in [0, 0.05) is 48.5 Å². The topological polar surface area (TPSA) is 77.2 Å². The van der Waals surface area contributed by atoms with Gasteiger partial charge in [-0.05, 0) is 24.3 Å². The SMILES string of the molecule is Nc1cc(-c2ccc(N3CCOCC3)nc2)c2nccnc2c1. The van der Waals surface area contributed by atoms with Gasteiger partial charge in [0.15, 0.2) is 0 Å². The van der Waals surface area contributed by atoms with Crippen molar-refractivity contribution in [3.63, 3.8) is 0 Å². The van der Waals surface area contributed by atoms with E-state index in [-0.39, 0.29) is 0 Å². The van der Waals surface area contributed by atoms with E-state index in [0.29, 0.717) is 5.69 Å². The maximum absolute atomic E-state index is 6.00. The molecule has 4 rings (SSSR count). The molecule has 2 aromatic heterocycles. The summed E-state index contributed by atoms with van der Waals surface area (Å²) in [6.45, 7) is 3.25. The van der Waals surface area contributed by atoms with Crippen molar-refractivity contribution in [1.82, 2.24) is 15.0 Å². The van der Waals surface area contributed by atoms with Gasteiger partial charge in [-0.1, -0.05) is 0 Å². The molecule has 0 radical (unpaired) electrons. The predicted molar refractivity (Wildman–Crippen MR) is 90.2 cm³/mol. The minimum absolute atomic E-state index is 0.672. The molecule has 0 atom stereocenters. The third-order valence-corrected chi connectivity index (χ3v) is 3.99. The second-order valence-corrected chi connectivity index (χ2v) is 5.50. The van der Waals surface area contributed by atoms with Gasteiger partial charge in [0.2, 0.25) is 0 Å². The Bertz CT molecular complexity index is 828. The van der Waals surface area contributed by atoms with Gasteiger partial charge in [-0.2, -0.15) is 0 Å². The van der Waals surface area contributed by atoms with Crippen LogP contribution in [0, 0.1) is 0 Å². The van der Waals surface area contributed by atoms with Crippen LogP contribution in [0.15, 0.2) is 42.9 Å². The zero-order valence-corrected chi connectivity index (χ0v) is 12.6. The third-order valence-electron chi connectivity index (χ3n) is 3.99. The molecule has 0 saturated carbocycles. The first kappa shape index (κ1) is 13.9. The van der Waals surface area contributed by atoms with Crippen molar-refractivity contribution in [2.24, 2.45) is 0 Å². The smallest absolute Gasteiger partial charge is 0.128 e. The molecule has 1 saturated heterocycles. The van der Waals surface area contributed by atoms with Crippen LogP contribution < -0.4 is 10.6 Å². The quantitative estimate of drug-likeness (QED) is 0.731. The summed E-state index contributed by atoms with van der Waals surface area (Å²) in [6.07, 6.45) is 5.23. The lowest BCUT2D eigenvalue weighted by molar-refractivity contribution is 0.122. The first-order valence-corrected chi connectivity index (χ1v) is 7.60. The van der Waals surface area contributed by atoms with Crippen molar-refractivity contribution >= 4 is 22.5 Å². The maximum atomic E-state index is 6.00. The van der Waals surface area contributed by atoms with Crippen molar-refractivity contribution in [3.05, 3.63) is 42.9 Å². The fourth-order valence-corrected chi connectivity index (χ4v) is 2.84. The van der Waals surface area contributed by atoms with Crippen LogP contribution in [0.1, 0.15) is 0 Å². The number of anilines is 2. The van der Waals surface area contributed by atoms with Crippen LogP contribution >= 0.6 is 0 Å². The highest BCUT2D eigenvalue weighted by molar-refractivity contribution is 5.94. The first-order chi connectivity index (χ1) is 11.3. The molecule has 0 spiro atoms. The fourth-order valence-electron chi connectivity index (χ4n) is 2.84.